The van der Waals surface area contributed by atoms with Gasteiger partial charge in [-0.15, -0.1) is 0 Å². The maximum atomic E-state index is 14.8. The lowest BCUT2D eigenvalue weighted by Crippen LogP contribution is -2.67. The standard InChI is InChI=1S/C42H59NO7/c1-37(2)27(34(46)43-30(24-44)35(47)49-8)14-16-40(5)32(37)15-17-42(7)33(40)31(45)22-28-29-23-39(4,19-18-38(29,3)20-21-41(28,42)6)36(48)50-25-26-12-10-9-11-13-26/h9-13,22,27,29-30,32-33,44H,14-21,23-25H2,1-8H3,(H,43,46)/t27-,29+,30+,32+,33?,38-,39+,40+,41-,42-/m1/s1. The summed E-state index contributed by atoms with van der Waals surface area (Å²) < 4.78 is 10.7. The zero-order valence-corrected chi connectivity index (χ0v) is 31.5. The molecule has 2 N–H and O–H groups in total. The Hall–Kier alpha value is -3.00. The molecule has 1 aromatic carbocycles. The van der Waals surface area contributed by atoms with E-state index in [4.69, 9.17) is 9.47 Å². The van der Waals surface area contributed by atoms with Crippen molar-refractivity contribution in [2.75, 3.05) is 13.7 Å². The van der Waals surface area contributed by atoms with Crippen LogP contribution >= 0.6 is 0 Å². The van der Waals surface area contributed by atoms with E-state index in [2.05, 4.69) is 53.8 Å². The van der Waals surface area contributed by atoms with Gasteiger partial charge in [0.05, 0.1) is 19.1 Å². The van der Waals surface area contributed by atoms with Crippen molar-refractivity contribution in [3.8, 4) is 0 Å². The van der Waals surface area contributed by atoms with Crippen LogP contribution in [0.2, 0.25) is 0 Å². The van der Waals surface area contributed by atoms with Gasteiger partial charge in [0.2, 0.25) is 5.91 Å². The van der Waals surface area contributed by atoms with Crippen molar-refractivity contribution in [1.29, 1.82) is 0 Å². The maximum absolute atomic E-state index is 14.8. The Balaban J connectivity index is 1.28. The molecule has 10 atom stereocenters. The van der Waals surface area contributed by atoms with Crippen molar-refractivity contribution >= 4 is 23.6 Å². The number of hydrogen-bond acceptors (Lipinski definition) is 7. The monoisotopic (exact) mass is 689 g/mol. The Morgan fingerprint density at radius 3 is 2.26 bits per heavy atom. The molecule has 0 aromatic heterocycles. The van der Waals surface area contributed by atoms with E-state index < -0.39 is 29.4 Å². The zero-order chi connectivity index (χ0) is 36.5. The third-order valence-electron chi connectivity index (χ3n) is 15.6. The van der Waals surface area contributed by atoms with E-state index in [1.54, 1.807) is 0 Å². The fourth-order valence-corrected chi connectivity index (χ4v) is 12.3. The normalized spacial score (nSPS) is 40.8. The van der Waals surface area contributed by atoms with Gasteiger partial charge in [-0.25, -0.2) is 4.79 Å². The Morgan fingerprint density at radius 2 is 1.60 bits per heavy atom. The highest BCUT2D eigenvalue weighted by atomic mass is 16.5. The number of benzene rings is 1. The summed E-state index contributed by atoms with van der Waals surface area (Å²) in [6, 6.07) is 8.73. The number of methoxy groups -OCH3 is 1. The first kappa shape index (κ1) is 36.8. The van der Waals surface area contributed by atoms with E-state index in [-0.39, 0.29) is 69.6 Å². The molecule has 0 radical (unpaired) electrons. The summed E-state index contributed by atoms with van der Waals surface area (Å²) in [5, 5.41) is 12.5. The number of ketones is 1. The van der Waals surface area contributed by atoms with Crippen LogP contribution < -0.4 is 5.32 Å². The van der Waals surface area contributed by atoms with Gasteiger partial charge in [-0.05, 0) is 115 Å². The number of fused-ring (bicyclic) bond motifs is 7. The molecule has 1 unspecified atom stereocenters. The summed E-state index contributed by atoms with van der Waals surface area (Å²) in [5.41, 5.74) is 0.446. The lowest BCUT2D eigenvalue weighted by molar-refractivity contribution is -0.195. The van der Waals surface area contributed by atoms with Gasteiger partial charge in [0.1, 0.15) is 6.61 Å². The second kappa shape index (κ2) is 12.6. The second-order valence-corrected chi connectivity index (χ2v) is 18.5. The average molecular weight is 690 g/mol. The number of aliphatic hydroxyl groups excluding tert-OH is 1. The van der Waals surface area contributed by atoms with E-state index in [9.17, 15) is 24.3 Å². The number of hydrogen-bond donors (Lipinski definition) is 2. The van der Waals surface area contributed by atoms with Gasteiger partial charge in [0.15, 0.2) is 11.8 Å². The Labute approximate surface area is 298 Å². The van der Waals surface area contributed by atoms with Crippen LogP contribution in [0.4, 0.5) is 0 Å². The third kappa shape index (κ3) is 5.49. The first-order valence-corrected chi connectivity index (χ1v) is 18.9. The molecule has 5 aliphatic carbocycles. The van der Waals surface area contributed by atoms with Crippen molar-refractivity contribution in [2.45, 2.75) is 119 Å². The molecular formula is C42H59NO7. The third-order valence-corrected chi connectivity index (χ3v) is 15.6. The van der Waals surface area contributed by atoms with Crippen molar-refractivity contribution in [2.24, 2.45) is 56.2 Å². The van der Waals surface area contributed by atoms with Crippen LogP contribution in [0.5, 0.6) is 0 Å². The molecule has 1 amide bonds. The molecule has 1 aromatic rings. The summed E-state index contributed by atoms with van der Waals surface area (Å²) in [5.74, 6) is -1.13. The molecule has 4 fully saturated rings. The minimum Gasteiger partial charge on any atom is -0.467 e. The van der Waals surface area contributed by atoms with Crippen LogP contribution in [0, 0.1) is 56.2 Å². The smallest absolute Gasteiger partial charge is 0.330 e. The van der Waals surface area contributed by atoms with E-state index >= 15 is 0 Å². The summed E-state index contributed by atoms with van der Waals surface area (Å²) in [4.78, 5) is 54.4. The number of rotatable bonds is 7. The Bertz CT molecular complexity index is 1570. The van der Waals surface area contributed by atoms with Gasteiger partial charge in [-0.1, -0.05) is 77.4 Å². The molecule has 8 nitrogen and oxygen atoms in total. The molecule has 8 heteroatoms. The zero-order valence-electron chi connectivity index (χ0n) is 31.5. The summed E-state index contributed by atoms with van der Waals surface area (Å²) in [6.45, 7) is 15.6. The van der Waals surface area contributed by atoms with Crippen LogP contribution in [0.25, 0.3) is 0 Å². The summed E-state index contributed by atoms with van der Waals surface area (Å²) in [6.07, 6.45) is 9.65. The van der Waals surface area contributed by atoms with Gasteiger partial charge in [0.25, 0.3) is 0 Å². The number of allylic oxidation sites excluding steroid dienone is 2. The number of aliphatic hydroxyl groups is 1. The molecule has 0 aliphatic heterocycles. The van der Waals surface area contributed by atoms with Crippen LogP contribution in [-0.2, 0) is 35.3 Å². The van der Waals surface area contributed by atoms with E-state index in [1.807, 2.05) is 36.4 Å². The number of carbonyl (C=O) groups is 4. The van der Waals surface area contributed by atoms with E-state index in [0.29, 0.717) is 12.8 Å². The highest BCUT2D eigenvalue weighted by molar-refractivity contribution is 5.96. The SMILES string of the molecule is COC(=O)[C@H](CO)NC(=O)[C@H]1CC[C@]2(C)C3C(=O)C=C4[C@@H]5C[C@@](C)(C(=O)OCc6ccccc6)CC[C@]5(C)CC[C@@]4(C)[C@]3(C)CC[C@H]2C1(C)C. The highest BCUT2D eigenvalue weighted by Gasteiger charge is 2.70. The topological polar surface area (TPSA) is 119 Å². The molecule has 274 valence electrons. The van der Waals surface area contributed by atoms with Gasteiger partial charge in [-0.2, -0.15) is 0 Å². The largest absolute Gasteiger partial charge is 0.467 e. The van der Waals surface area contributed by atoms with Crippen molar-refractivity contribution in [3.63, 3.8) is 0 Å². The van der Waals surface area contributed by atoms with Gasteiger partial charge >= 0.3 is 11.9 Å². The fourth-order valence-electron chi connectivity index (χ4n) is 12.3. The molecule has 0 spiro atoms. The van der Waals surface area contributed by atoms with Crippen LogP contribution in [0.3, 0.4) is 0 Å². The Kier molecular flexibility index (Phi) is 9.26. The molecule has 0 heterocycles. The fraction of sp³-hybridized carbons (Fsp3) is 0.714. The predicted molar refractivity (Wildman–Crippen MR) is 190 cm³/mol. The van der Waals surface area contributed by atoms with E-state index in [1.165, 1.54) is 12.7 Å². The number of nitrogens with one attached hydrogen (secondary N) is 1. The van der Waals surface area contributed by atoms with Crippen molar-refractivity contribution in [3.05, 3.63) is 47.5 Å². The van der Waals surface area contributed by atoms with Crippen molar-refractivity contribution < 1.29 is 33.8 Å². The average Bonchev–Trinajstić information content (AvgIpc) is 3.07. The highest BCUT2D eigenvalue weighted by Crippen LogP contribution is 2.75. The molecule has 5 aliphatic rings. The van der Waals surface area contributed by atoms with Gasteiger partial charge in [-0.3, -0.25) is 14.4 Å². The Morgan fingerprint density at radius 1 is 0.920 bits per heavy atom. The predicted octanol–water partition coefficient (Wildman–Crippen LogP) is 6.98. The van der Waals surface area contributed by atoms with Crippen LogP contribution in [0.1, 0.15) is 112 Å². The number of esters is 2. The molecule has 0 bridgehead atoms. The quantitative estimate of drug-likeness (QED) is 0.297. The molecule has 50 heavy (non-hydrogen) atoms. The lowest BCUT2D eigenvalue weighted by atomic mass is 9.33. The van der Waals surface area contributed by atoms with Crippen LogP contribution in [0.15, 0.2) is 42.0 Å². The molecule has 6 rings (SSSR count). The van der Waals surface area contributed by atoms with E-state index in [0.717, 1.165) is 50.5 Å². The first-order valence-electron chi connectivity index (χ1n) is 18.9. The minimum atomic E-state index is -1.10. The maximum Gasteiger partial charge on any atom is 0.330 e. The second-order valence-electron chi connectivity index (χ2n) is 18.5. The summed E-state index contributed by atoms with van der Waals surface area (Å²) >= 11 is 0. The molecule has 0 saturated heterocycles. The van der Waals surface area contributed by atoms with Crippen molar-refractivity contribution in [1.82, 2.24) is 5.32 Å². The minimum absolute atomic E-state index is 0.0270. The van der Waals surface area contributed by atoms with Gasteiger partial charge < -0.3 is 19.9 Å². The van der Waals surface area contributed by atoms with Crippen LogP contribution in [-0.4, -0.2) is 48.5 Å². The number of ether oxygens (including phenoxy) is 2. The number of amides is 1. The summed E-state index contributed by atoms with van der Waals surface area (Å²) in [7, 11) is 1.24. The van der Waals surface area contributed by atoms with Gasteiger partial charge in [0, 0.05) is 11.8 Å². The first-order chi connectivity index (χ1) is 23.4. The molecule has 4 saturated carbocycles. The number of carbonyl (C=O) groups excluding carboxylic acids is 4. The molecular weight excluding hydrogens is 630 g/mol. The lowest BCUT2D eigenvalue weighted by Gasteiger charge is -2.70.